The van der Waals surface area contributed by atoms with Crippen LogP contribution >= 0.6 is 0 Å². The Labute approximate surface area is 214 Å². The van der Waals surface area contributed by atoms with E-state index in [1.807, 2.05) is 54.6 Å². The average molecular weight is 495 g/mol. The fourth-order valence-corrected chi connectivity index (χ4v) is 3.84. The Morgan fingerprint density at radius 3 is 2.35 bits per heavy atom. The van der Waals surface area contributed by atoms with Gasteiger partial charge in [-0.3, -0.25) is 14.3 Å². The molecule has 0 atom stereocenters. The van der Waals surface area contributed by atoms with Gasteiger partial charge in [0.15, 0.2) is 11.5 Å². The molecule has 8 nitrogen and oxygen atoms in total. The van der Waals surface area contributed by atoms with Crippen LogP contribution in [0.3, 0.4) is 0 Å². The van der Waals surface area contributed by atoms with Crippen LogP contribution in [-0.2, 0) is 18.4 Å². The highest BCUT2D eigenvalue weighted by molar-refractivity contribution is 6.09. The first-order valence-electron chi connectivity index (χ1n) is 11.5. The Bertz CT molecular complexity index is 1540. The van der Waals surface area contributed by atoms with Crippen LogP contribution in [0, 0.1) is 18.3 Å². The van der Waals surface area contributed by atoms with Crippen LogP contribution < -0.4 is 20.3 Å². The van der Waals surface area contributed by atoms with E-state index in [0.717, 1.165) is 5.56 Å². The zero-order valence-corrected chi connectivity index (χ0v) is 20.8. The highest BCUT2D eigenvalue weighted by Gasteiger charge is 2.20. The number of hydrogen-bond donors (Lipinski definition) is 1. The minimum absolute atomic E-state index is 0.110. The lowest BCUT2D eigenvalue weighted by Gasteiger charge is -2.12. The summed E-state index contributed by atoms with van der Waals surface area (Å²) in [6, 6.07) is 25.8. The summed E-state index contributed by atoms with van der Waals surface area (Å²) in [6.07, 6.45) is 1.44. The van der Waals surface area contributed by atoms with Crippen molar-refractivity contribution in [2.24, 2.45) is 7.05 Å². The smallest absolute Gasteiger partial charge is 0.295 e. The van der Waals surface area contributed by atoms with Crippen molar-refractivity contribution < 1.29 is 14.3 Å². The summed E-state index contributed by atoms with van der Waals surface area (Å²) >= 11 is 0. The van der Waals surface area contributed by atoms with E-state index in [1.54, 1.807) is 56.1 Å². The lowest BCUT2D eigenvalue weighted by atomic mass is 10.1. The minimum Gasteiger partial charge on any atom is -0.493 e. The maximum absolute atomic E-state index is 13.1. The molecule has 8 heteroatoms. The van der Waals surface area contributed by atoms with Gasteiger partial charge in [-0.05, 0) is 48.4 Å². The number of methoxy groups -OCH3 is 1. The molecule has 1 aromatic heterocycles. The highest BCUT2D eigenvalue weighted by atomic mass is 16.5. The first kappa shape index (κ1) is 25.1. The van der Waals surface area contributed by atoms with Crippen molar-refractivity contribution in [1.82, 2.24) is 9.36 Å². The third kappa shape index (κ3) is 5.46. The molecule has 0 radical (unpaired) electrons. The van der Waals surface area contributed by atoms with Gasteiger partial charge in [-0.15, -0.1) is 0 Å². The summed E-state index contributed by atoms with van der Waals surface area (Å²) < 4.78 is 14.4. The minimum atomic E-state index is -0.684. The monoisotopic (exact) mass is 494 g/mol. The van der Waals surface area contributed by atoms with E-state index in [9.17, 15) is 14.9 Å². The lowest BCUT2D eigenvalue weighted by Crippen LogP contribution is -2.23. The maximum Gasteiger partial charge on any atom is 0.295 e. The number of carbonyl (C=O) groups excluding carboxylic acids is 1. The molecule has 0 spiro atoms. The number of anilines is 1. The number of nitrogens with one attached hydrogen (secondary N) is 1. The normalized spacial score (nSPS) is 11.0. The number of carbonyl (C=O) groups is 1. The second-order valence-electron chi connectivity index (χ2n) is 8.25. The molecular weight excluding hydrogens is 468 g/mol. The number of nitriles is 1. The van der Waals surface area contributed by atoms with Crippen LogP contribution in [0.2, 0.25) is 0 Å². The summed E-state index contributed by atoms with van der Waals surface area (Å²) in [6.45, 7) is 2.06. The number of rotatable bonds is 8. The van der Waals surface area contributed by atoms with E-state index >= 15 is 0 Å². The Kier molecular flexibility index (Phi) is 7.55. The first-order chi connectivity index (χ1) is 17.9. The highest BCUT2D eigenvalue weighted by Crippen LogP contribution is 2.30. The summed E-state index contributed by atoms with van der Waals surface area (Å²) in [5.74, 6) is 0.316. The van der Waals surface area contributed by atoms with Gasteiger partial charge in [-0.25, -0.2) is 4.68 Å². The maximum atomic E-state index is 13.1. The fourth-order valence-electron chi connectivity index (χ4n) is 3.84. The predicted molar refractivity (Wildman–Crippen MR) is 142 cm³/mol. The molecule has 1 amide bonds. The largest absolute Gasteiger partial charge is 0.493 e. The summed E-state index contributed by atoms with van der Waals surface area (Å²) in [5, 5.41) is 12.3. The third-order valence-electron chi connectivity index (χ3n) is 5.89. The molecule has 4 aromatic rings. The second-order valence-corrected chi connectivity index (χ2v) is 8.25. The van der Waals surface area contributed by atoms with Gasteiger partial charge in [0.2, 0.25) is 0 Å². The van der Waals surface area contributed by atoms with Crippen molar-refractivity contribution in [3.05, 3.63) is 112 Å². The first-order valence-corrected chi connectivity index (χ1v) is 11.5. The molecule has 4 rings (SSSR count). The Balaban J connectivity index is 1.59. The molecule has 1 heterocycles. The van der Waals surface area contributed by atoms with Gasteiger partial charge >= 0.3 is 0 Å². The molecule has 0 aliphatic carbocycles. The summed E-state index contributed by atoms with van der Waals surface area (Å²) in [4.78, 5) is 26.1. The van der Waals surface area contributed by atoms with E-state index < -0.39 is 11.5 Å². The topological polar surface area (TPSA) is 98.3 Å². The fraction of sp³-hybridized carbons (Fsp3) is 0.138. The van der Waals surface area contributed by atoms with Crippen LogP contribution in [0.1, 0.15) is 16.8 Å². The van der Waals surface area contributed by atoms with Crippen molar-refractivity contribution in [3.63, 3.8) is 0 Å². The van der Waals surface area contributed by atoms with Crippen molar-refractivity contribution in [1.29, 1.82) is 5.26 Å². The number of para-hydroxylation sites is 1. The van der Waals surface area contributed by atoms with E-state index in [1.165, 1.54) is 10.8 Å². The zero-order chi connectivity index (χ0) is 26.4. The molecule has 37 heavy (non-hydrogen) atoms. The third-order valence-corrected chi connectivity index (χ3v) is 5.89. The van der Waals surface area contributed by atoms with E-state index in [2.05, 4.69) is 5.32 Å². The van der Waals surface area contributed by atoms with Crippen LogP contribution in [0.25, 0.3) is 11.8 Å². The van der Waals surface area contributed by atoms with Crippen LogP contribution in [-0.4, -0.2) is 22.4 Å². The number of amides is 1. The molecule has 3 aromatic carbocycles. The van der Waals surface area contributed by atoms with Crippen molar-refractivity contribution in [2.45, 2.75) is 13.5 Å². The molecule has 0 aliphatic rings. The van der Waals surface area contributed by atoms with Crippen molar-refractivity contribution >= 4 is 17.7 Å². The molecule has 0 fully saturated rings. The van der Waals surface area contributed by atoms with E-state index in [0.29, 0.717) is 35.1 Å². The number of nitrogens with zero attached hydrogens (tertiary/aromatic N) is 3. The number of aromatic nitrogens is 2. The number of benzene rings is 3. The molecule has 0 saturated heterocycles. The van der Waals surface area contributed by atoms with Gasteiger partial charge in [0.05, 0.1) is 18.5 Å². The van der Waals surface area contributed by atoms with Gasteiger partial charge < -0.3 is 14.8 Å². The molecule has 1 N–H and O–H groups in total. The number of hydrogen-bond acceptors (Lipinski definition) is 5. The van der Waals surface area contributed by atoms with Crippen LogP contribution in [0.4, 0.5) is 5.69 Å². The average Bonchev–Trinajstić information content (AvgIpc) is 3.14. The summed E-state index contributed by atoms with van der Waals surface area (Å²) in [5.41, 5.74) is 2.34. The Morgan fingerprint density at radius 2 is 1.70 bits per heavy atom. The van der Waals surface area contributed by atoms with Gasteiger partial charge in [0.1, 0.15) is 23.9 Å². The van der Waals surface area contributed by atoms with Crippen molar-refractivity contribution in [3.8, 4) is 23.3 Å². The SMILES string of the molecule is COc1ccc(C=C(C#N)C(=O)Nc2c(C)n(C)n(-c3ccccc3)c2=O)cc1OCc1ccccc1. The summed E-state index contributed by atoms with van der Waals surface area (Å²) in [7, 11) is 3.27. The Morgan fingerprint density at radius 1 is 1.03 bits per heavy atom. The molecule has 0 bridgehead atoms. The molecule has 0 saturated carbocycles. The molecule has 0 unspecified atom stereocenters. The van der Waals surface area contributed by atoms with Crippen LogP contribution in [0.15, 0.2) is 89.2 Å². The van der Waals surface area contributed by atoms with Gasteiger partial charge in [0.25, 0.3) is 11.5 Å². The lowest BCUT2D eigenvalue weighted by molar-refractivity contribution is -0.112. The van der Waals surface area contributed by atoms with Gasteiger partial charge in [-0.1, -0.05) is 54.6 Å². The van der Waals surface area contributed by atoms with Gasteiger partial charge in [-0.2, -0.15) is 5.26 Å². The molecular formula is C29H26N4O4. The second kappa shape index (κ2) is 11.1. The predicted octanol–water partition coefficient (Wildman–Crippen LogP) is 4.62. The zero-order valence-electron chi connectivity index (χ0n) is 20.8. The Hall–Kier alpha value is -5.03. The number of ether oxygens (including phenoxy) is 2. The molecule has 0 aliphatic heterocycles. The van der Waals surface area contributed by atoms with Crippen LogP contribution in [0.5, 0.6) is 11.5 Å². The molecule has 186 valence electrons. The standard InChI is InChI=1S/C29H26N4O4/c1-20-27(29(35)33(32(20)2)24-12-8-5-9-13-24)31-28(34)23(18-30)16-22-14-15-25(36-3)26(17-22)37-19-21-10-6-4-7-11-21/h4-17H,19H2,1-3H3,(H,31,34). The quantitative estimate of drug-likeness (QED) is 0.285. The van der Waals surface area contributed by atoms with Gasteiger partial charge in [0, 0.05) is 7.05 Å². The van der Waals surface area contributed by atoms with E-state index in [-0.39, 0.29) is 11.3 Å². The van der Waals surface area contributed by atoms with Crippen molar-refractivity contribution in [2.75, 3.05) is 12.4 Å². The van der Waals surface area contributed by atoms with E-state index in [4.69, 9.17) is 9.47 Å².